The normalized spacial score (nSPS) is 15.6. The minimum atomic E-state index is -0.339. The molecule has 0 amide bonds. The number of hydrogen-bond donors (Lipinski definition) is 1. The highest BCUT2D eigenvalue weighted by Crippen LogP contribution is 2.26. The Morgan fingerprint density at radius 2 is 1.88 bits per heavy atom. The van der Waals surface area contributed by atoms with Gasteiger partial charge in [0.2, 0.25) is 5.88 Å². The van der Waals surface area contributed by atoms with Gasteiger partial charge < -0.3 is 14.8 Å². The molecule has 0 bridgehead atoms. The monoisotopic (exact) mass is 432 g/mol. The van der Waals surface area contributed by atoms with Gasteiger partial charge in [-0.05, 0) is 80.9 Å². The Morgan fingerprint density at radius 1 is 1.06 bits per heavy atom. The summed E-state index contributed by atoms with van der Waals surface area (Å²) in [6, 6.07) is 18.0. The van der Waals surface area contributed by atoms with Gasteiger partial charge in [0.05, 0.1) is 11.9 Å². The summed E-state index contributed by atoms with van der Waals surface area (Å²) >= 11 is 0. The molecule has 1 aliphatic heterocycles. The zero-order valence-corrected chi connectivity index (χ0v) is 17.9. The summed E-state index contributed by atoms with van der Waals surface area (Å²) in [5, 5.41) is 7.96. The van der Waals surface area contributed by atoms with Crippen LogP contribution in [0.5, 0.6) is 11.6 Å². The Labute approximate surface area is 186 Å². The van der Waals surface area contributed by atoms with E-state index in [4.69, 9.17) is 9.47 Å². The molecule has 0 aliphatic carbocycles. The van der Waals surface area contributed by atoms with Gasteiger partial charge in [-0.25, -0.2) is 13.9 Å². The zero-order chi connectivity index (χ0) is 21.9. The average molecular weight is 432 g/mol. The molecule has 1 N–H and O–H groups in total. The molecule has 1 fully saturated rings. The number of nitrogens with zero attached hydrogens (tertiary/aromatic N) is 3. The molecule has 1 saturated heterocycles. The van der Waals surface area contributed by atoms with Crippen molar-refractivity contribution in [3.05, 3.63) is 78.2 Å². The molecule has 0 unspecified atom stereocenters. The molecule has 1 aliphatic rings. The van der Waals surface area contributed by atoms with Crippen LogP contribution in [-0.2, 0) is 0 Å². The Balaban J connectivity index is 1.35. The highest BCUT2D eigenvalue weighted by atomic mass is 19.1. The lowest BCUT2D eigenvalue weighted by molar-refractivity contribution is 0.162. The first-order valence-electron chi connectivity index (χ1n) is 10.9. The maximum Gasteiger partial charge on any atom is 0.232 e. The van der Waals surface area contributed by atoms with Crippen LogP contribution in [0.15, 0.2) is 66.9 Å². The molecule has 2 aromatic carbocycles. The van der Waals surface area contributed by atoms with Gasteiger partial charge in [-0.15, -0.1) is 5.10 Å². The lowest BCUT2D eigenvalue weighted by Gasteiger charge is -2.23. The third kappa shape index (κ3) is 4.43. The molecule has 1 atom stereocenters. The van der Waals surface area contributed by atoms with Crippen molar-refractivity contribution >= 4 is 5.65 Å². The van der Waals surface area contributed by atoms with Crippen LogP contribution in [-0.4, -0.2) is 33.8 Å². The summed E-state index contributed by atoms with van der Waals surface area (Å²) in [7, 11) is 0. The second-order valence-electron chi connectivity index (χ2n) is 7.99. The standard InChI is InChI=1S/C25H25FN4O2/c1-17(19-3-2-4-20(26)15-19)31-25-10-9-24-28-16-23(30(24)29-25)18-5-7-21(8-6-18)32-22-11-13-27-14-12-22/h2-10,15-17,22,27H,11-14H2,1H3/t17-/m1/s1. The van der Waals surface area contributed by atoms with Gasteiger partial charge in [0.25, 0.3) is 0 Å². The van der Waals surface area contributed by atoms with E-state index >= 15 is 0 Å². The van der Waals surface area contributed by atoms with E-state index in [1.165, 1.54) is 12.1 Å². The van der Waals surface area contributed by atoms with Crippen molar-refractivity contribution < 1.29 is 13.9 Å². The Bertz CT molecular complexity index is 1200. The van der Waals surface area contributed by atoms with Crippen LogP contribution in [0.4, 0.5) is 4.39 Å². The Hall–Kier alpha value is -3.45. The molecule has 32 heavy (non-hydrogen) atoms. The van der Waals surface area contributed by atoms with Crippen molar-refractivity contribution in [1.29, 1.82) is 0 Å². The van der Waals surface area contributed by atoms with Crippen LogP contribution in [0.3, 0.4) is 0 Å². The highest BCUT2D eigenvalue weighted by molar-refractivity contribution is 5.63. The molecule has 2 aromatic heterocycles. The van der Waals surface area contributed by atoms with E-state index in [0.717, 1.165) is 54.1 Å². The first-order chi connectivity index (χ1) is 15.7. The van der Waals surface area contributed by atoms with Gasteiger partial charge in [-0.3, -0.25) is 0 Å². The Kier molecular flexibility index (Phi) is 5.73. The summed E-state index contributed by atoms with van der Waals surface area (Å²) in [6.45, 7) is 3.87. The van der Waals surface area contributed by atoms with Gasteiger partial charge in [-0.1, -0.05) is 12.1 Å². The molecule has 5 rings (SSSR count). The van der Waals surface area contributed by atoms with Crippen LogP contribution in [0.1, 0.15) is 31.4 Å². The van der Waals surface area contributed by atoms with Crippen molar-refractivity contribution in [3.8, 4) is 22.9 Å². The van der Waals surface area contributed by atoms with Crippen molar-refractivity contribution in [1.82, 2.24) is 19.9 Å². The van der Waals surface area contributed by atoms with Crippen molar-refractivity contribution in [2.24, 2.45) is 0 Å². The fourth-order valence-electron chi connectivity index (χ4n) is 3.93. The van der Waals surface area contributed by atoms with E-state index in [0.29, 0.717) is 5.88 Å². The molecule has 0 radical (unpaired) electrons. The first-order valence-corrected chi connectivity index (χ1v) is 10.9. The summed E-state index contributed by atoms with van der Waals surface area (Å²) in [5.74, 6) is 1.03. The van der Waals surface area contributed by atoms with E-state index in [9.17, 15) is 4.39 Å². The lowest BCUT2D eigenvalue weighted by atomic mass is 10.1. The Morgan fingerprint density at radius 3 is 2.66 bits per heavy atom. The number of hydrogen-bond acceptors (Lipinski definition) is 5. The lowest BCUT2D eigenvalue weighted by Crippen LogP contribution is -2.34. The predicted molar refractivity (Wildman–Crippen MR) is 120 cm³/mol. The zero-order valence-electron chi connectivity index (χ0n) is 17.9. The van der Waals surface area contributed by atoms with Crippen molar-refractivity contribution in [2.75, 3.05) is 13.1 Å². The van der Waals surface area contributed by atoms with Gasteiger partial charge in [0, 0.05) is 11.6 Å². The molecule has 0 saturated carbocycles. The maximum atomic E-state index is 13.5. The van der Waals surface area contributed by atoms with Crippen LogP contribution < -0.4 is 14.8 Å². The van der Waals surface area contributed by atoms with Gasteiger partial charge in [0.1, 0.15) is 23.8 Å². The summed E-state index contributed by atoms with van der Waals surface area (Å²) < 4.78 is 27.4. The van der Waals surface area contributed by atoms with Crippen LogP contribution >= 0.6 is 0 Å². The number of aromatic nitrogens is 3. The minimum Gasteiger partial charge on any atom is -0.490 e. The summed E-state index contributed by atoms with van der Waals surface area (Å²) in [6.07, 6.45) is 3.77. The molecule has 0 spiro atoms. The van der Waals surface area contributed by atoms with E-state index in [-0.39, 0.29) is 18.0 Å². The number of nitrogens with one attached hydrogen (secondary N) is 1. The molecule has 7 heteroatoms. The molecular formula is C25H25FN4O2. The molecule has 3 heterocycles. The molecule has 6 nitrogen and oxygen atoms in total. The topological polar surface area (TPSA) is 60.7 Å². The second-order valence-corrected chi connectivity index (χ2v) is 7.99. The van der Waals surface area contributed by atoms with E-state index < -0.39 is 0 Å². The van der Waals surface area contributed by atoms with E-state index in [1.54, 1.807) is 22.8 Å². The molecular weight excluding hydrogens is 407 g/mol. The third-order valence-corrected chi connectivity index (χ3v) is 5.69. The largest absolute Gasteiger partial charge is 0.490 e. The number of fused-ring (bicyclic) bond motifs is 1. The number of imidazole rings is 1. The first kappa shape index (κ1) is 20.5. The second kappa shape index (κ2) is 8.96. The van der Waals surface area contributed by atoms with Gasteiger partial charge in [0.15, 0.2) is 5.65 Å². The molecule has 4 aromatic rings. The number of rotatable bonds is 6. The fourth-order valence-corrected chi connectivity index (χ4v) is 3.93. The SMILES string of the molecule is C[C@@H](Oc1ccc2ncc(-c3ccc(OC4CCNCC4)cc3)n2n1)c1cccc(F)c1. The maximum absolute atomic E-state index is 13.5. The summed E-state index contributed by atoms with van der Waals surface area (Å²) in [5.41, 5.74) is 3.32. The minimum absolute atomic E-state index is 0.263. The molecule has 164 valence electrons. The predicted octanol–water partition coefficient (Wildman–Crippen LogP) is 4.81. The fraction of sp³-hybridized carbons (Fsp3) is 0.280. The number of halogens is 1. The average Bonchev–Trinajstić information content (AvgIpc) is 3.23. The van der Waals surface area contributed by atoms with E-state index in [1.807, 2.05) is 43.3 Å². The van der Waals surface area contributed by atoms with E-state index in [2.05, 4.69) is 15.4 Å². The quantitative estimate of drug-likeness (QED) is 0.474. The summed E-state index contributed by atoms with van der Waals surface area (Å²) in [4.78, 5) is 4.46. The van der Waals surface area contributed by atoms with Gasteiger partial charge >= 0.3 is 0 Å². The smallest absolute Gasteiger partial charge is 0.232 e. The van der Waals surface area contributed by atoms with Crippen LogP contribution in [0.25, 0.3) is 16.9 Å². The van der Waals surface area contributed by atoms with Crippen LogP contribution in [0, 0.1) is 5.82 Å². The third-order valence-electron chi connectivity index (χ3n) is 5.69. The number of piperidine rings is 1. The number of benzene rings is 2. The highest BCUT2D eigenvalue weighted by Gasteiger charge is 2.15. The van der Waals surface area contributed by atoms with Crippen molar-refractivity contribution in [2.45, 2.75) is 32.0 Å². The number of ether oxygens (including phenoxy) is 2. The van der Waals surface area contributed by atoms with Crippen LogP contribution in [0.2, 0.25) is 0 Å². The van der Waals surface area contributed by atoms with Crippen molar-refractivity contribution in [3.63, 3.8) is 0 Å². The van der Waals surface area contributed by atoms with Gasteiger partial charge in [-0.2, -0.15) is 0 Å².